The molecule has 0 amide bonds. The second-order valence-electron chi connectivity index (χ2n) is 3.99. The molecule has 0 aliphatic carbocycles. The molecule has 1 unspecified atom stereocenters. The van der Waals surface area contributed by atoms with E-state index in [-0.39, 0.29) is 6.61 Å². The van der Waals surface area contributed by atoms with Crippen LogP contribution in [-0.2, 0) is 6.42 Å². The SMILES string of the molecule is COc1cccc2c1CC(O)CN2CCO. The summed E-state index contributed by atoms with van der Waals surface area (Å²) < 4.78 is 5.29. The zero-order valence-corrected chi connectivity index (χ0v) is 9.39. The molecule has 2 N–H and O–H groups in total. The molecule has 1 atom stereocenters. The predicted molar refractivity (Wildman–Crippen MR) is 62.0 cm³/mol. The van der Waals surface area contributed by atoms with Crippen molar-refractivity contribution >= 4 is 5.69 Å². The second-order valence-corrected chi connectivity index (χ2v) is 3.99. The van der Waals surface area contributed by atoms with E-state index >= 15 is 0 Å². The van der Waals surface area contributed by atoms with Crippen molar-refractivity contribution in [1.82, 2.24) is 0 Å². The van der Waals surface area contributed by atoms with Crippen LogP contribution in [0.5, 0.6) is 5.75 Å². The van der Waals surface area contributed by atoms with Gasteiger partial charge in [-0.15, -0.1) is 0 Å². The normalized spacial score (nSPS) is 19.4. The molecule has 0 saturated carbocycles. The van der Waals surface area contributed by atoms with Gasteiger partial charge in [0.15, 0.2) is 0 Å². The molecule has 0 fully saturated rings. The highest BCUT2D eigenvalue weighted by atomic mass is 16.5. The third-order valence-corrected chi connectivity index (χ3v) is 2.91. The Balaban J connectivity index is 2.38. The van der Waals surface area contributed by atoms with E-state index in [1.165, 1.54) is 0 Å². The molecule has 4 heteroatoms. The summed E-state index contributed by atoms with van der Waals surface area (Å²) in [7, 11) is 1.63. The first-order valence-electron chi connectivity index (χ1n) is 5.46. The van der Waals surface area contributed by atoms with Crippen LogP contribution >= 0.6 is 0 Å². The van der Waals surface area contributed by atoms with Crippen LogP contribution in [0.2, 0.25) is 0 Å². The average molecular weight is 223 g/mol. The summed E-state index contributed by atoms with van der Waals surface area (Å²) in [6.07, 6.45) is 0.219. The Bertz CT molecular complexity index is 367. The fourth-order valence-electron chi connectivity index (χ4n) is 2.23. The quantitative estimate of drug-likeness (QED) is 0.779. The van der Waals surface area contributed by atoms with E-state index in [9.17, 15) is 5.11 Å². The molecule has 0 saturated heterocycles. The van der Waals surface area contributed by atoms with Crippen LogP contribution in [0.15, 0.2) is 18.2 Å². The van der Waals surface area contributed by atoms with Crippen molar-refractivity contribution in [3.05, 3.63) is 23.8 Å². The van der Waals surface area contributed by atoms with E-state index < -0.39 is 6.10 Å². The molecule has 88 valence electrons. The van der Waals surface area contributed by atoms with Gasteiger partial charge in [-0.25, -0.2) is 0 Å². The zero-order valence-electron chi connectivity index (χ0n) is 9.39. The molecule has 4 nitrogen and oxygen atoms in total. The first-order chi connectivity index (χ1) is 7.76. The molecule has 16 heavy (non-hydrogen) atoms. The monoisotopic (exact) mass is 223 g/mol. The lowest BCUT2D eigenvalue weighted by molar-refractivity contribution is 0.171. The molecule has 2 rings (SSSR count). The van der Waals surface area contributed by atoms with Crippen molar-refractivity contribution in [3.63, 3.8) is 0 Å². The summed E-state index contributed by atoms with van der Waals surface area (Å²) in [5.41, 5.74) is 2.08. The Kier molecular flexibility index (Phi) is 3.31. The van der Waals surface area contributed by atoms with Crippen LogP contribution in [0.4, 0.5) is 5.69 Å². The maximum absolute atomic E-state index is 9.79. The van der Waals surface area contributed by atoms with E-state index in [4.69, 9.17) is 9.84 Å². The molecule has 1 aliphatic heterocycles. The van der Waals surface area contributed by atoms with Gasteiger partial charge in [0.25, 0.3) is 0 Å². The van der Waals surface area contributed by atoms with Crippen LogP contribution < -0.4 is 9.64 Å². The van der Waals surface area contributed by atoms with Crippen molar-refractivity contribution in [2.75, 3.05) is 31.7 Å². The minimum absolute atomic E-state index is 0.0867. The lowest BCUT2D eigenvalue weighted by Gasteiger charge is -2.34. The van der Waals surface area contributed by atoms with E-state index in [1.54, 1.807) is 7.11 Å². The number of hydrogen-bond donors (Lipinski definition) is 2. The van der Waals surface area contributed by atoms with Crippen molar-refractivity contribution in [2.24, 2.45) is 0 Å². The second kappa shape index (κ2) is 4.72. The summed E-state index contributed by atoms with van der Waals surface area (Å²) in [6, 6.07) is 5.83. The molecular weight excluding hydrogens is 206 g/mol. The number of anilines is 1. The van der Waals surface area contributed by atoms with E-state index in [2.05, 4.69) is 0 Å². The van der Waals surface area contributed by atoms with Gasteiger partial charge in [0.1, 0.15) is 5.75 Å². The number of ether oxygens (including phenoxy) is 1. The standard InChI is InChI=1S/C12H17NO3/c1-16-12-4-2-3-11-10(12)7-9(15)8-13(11)5-6-14/h2-4,9,14-15H,5-8H2,1H3. The Labute approximate surface area is 95.1 Å². The van der Waals surface area contributed by atoms with Crippen LogP contribution in [-0.4, -0.2) is 43.1 Å². The highest BCUT2D eigenvalue weighted by Crippen LogP contribution is 2.33. The highest BCUT2D eigenvalue weighted by Gasteiger charge is 2.24. The fourth-order valence-corrected chi connectivity index (χ4v) is 2.23. The van der Waals surface area contributed by atoms with Gasteiger partial charge in [0, 0.05) is 30.8 Å². The molecule has 1 heterocycles. The summed E-state index contributed by atoms with van der Waals surface area (Å²) >= 11 is 0. The number of fused-ring (bicyclic) bond motifs is 1. The van der Waals surface area contributed by atoms with Crippen molar-refractivity contribution in [3.8, 4) is 5.75 Å². The smallest absolute Gasteiger partial charge is 0.124 e. The summed E-state index contributed by atoms with van der Waals surface area (Å²) in [5, 5.41) is 18.8. The number of methoxy groups -OCH3 is 1. The van der Waals surface area contributed by atoms with E-state index in [0.717, 1.165) is 17.0 Å². The molecule has 1 aliphatic rings. The molecule has 1 aromatic rings. The van der Waals surface area contributed by atoms with E-state index in [1.807, 2.05) is 23.1 Å². The zero-order chi connectivity index (χ0) is 11.5. The van der Waals surface area contributed by atoms with Gasteiger partial charge in [-0.3, -0.25) is 0 Å². The summed E-state index contributed by atoms with van der Waals surface area (Å²) in [4.78, 5) is 1.99. The molecule has 0 aromatic heterocycles. The van der Waals surface area contributed by atoms with Crippen LogP contribution in [0.3, 0.4) is 0 Å². The number of benzene rings is 1. The Morgan fingerprint density at radius 1 is 1.50 bits per heavy atom. The summed E-state index contributed by atoms with van der Waals surface area (Å²) in [6.45, 7) is 1.20. The third-order valence-electron chi connectivity index (χ3n) is 2.91. The van der Waals surface area contributed by atoms with Crippen molar-refractivity contribution in [1.29, 1.82) is 0 Å². The first kappa shape index (κ1) is 11.2. The number of aliphatic hydroxyl groups is 2. The van der Waals surface area contributed by atoms with Gasteiger partial charge in [-0.1, -0.05) is 6.07 Å². The molecule has 0 spiro atoms. The van der Waals surface area contributed by atoms with Gasteiger partial charge >= 0.3 is 0 Å². The third kappa shape index (κ3) is 1.99. The van der Waals surface area contributed by atoms with Gasteiger partial charge in [-0.05, 0) is 12.1 Å². The van der Waals surface area contributed by atoms with Gasteiger partial charge in [0.2, 0.25) is 0 Å². The topological polar surface area (TPSA) is 52.9 Å². The molecule has 0 radical (unpaired) electrons. The average Bonchev–Trinajstić information content (AvgIpc) is 2.28. The Hall–Kier alpha value is -1.26. The number of nitrogens with zero attached hydrogens (tertiary/aromatic N) is 1. The van der Waals surface area contributed by atoms with Crippen LogP contribution in [0.25, 0.3) is 0 Å². The number of aliphatic hydroxyl groups excluding tert-OH is 2. The minimum Gasteiger partial charge on any atom is -0.496 e. The molecular formula is C12H17NO3. The van der Waals surface area contributed by atoms with Gasteiger partial charge in [0.05, 0.1) is 19.8 Å². The van der Waals surface area contributed by atoms with Crippen LogP contribution in [0.1, 0.15) is 5.56 Å². The van der Waals surface area contributed by atoms with Crippen molar-refractivity contribution < 1.29 is 14.9 Å². The first-order valence-corrected chi connectivity index (χ1v) is 5.46. The number of β-amino-alcohol motifs (C(OH)–C–C–N with tert-alkyl or cyclic N) is 2. The fraction of sp³-hybridized carbons (Fsp3) is 0.500. The number of hydrogen-bond acceptors (Lipinski definition) is 4. The van der Waals surface area contributed by atoms with Crippen LogP contribution in [0, 0.1) is 0 Å². The lowest BCUT2D eigenvalue weighted by Crippen LogP contribution is -2.40. The Morgan fingerprint density at radius 3 is 3.00 bits per heavy atom. The maximum atomic E-state index is 9.79. The highest BCUT2D eigenvalue weighted by molar-refractivity contribution is 5.61. The molecule has 1 aromatic carbocycles. The van der Waals surface area contributed by atoms with Crippen molar-refractivity contribution in [2.45, 2.75) is 12.5 Å². The maximum Gasteiger partial charge on any atom is 0.124 e. The minimum atomic E-state index is -0.393. The Morgan fingerprint density at radius 2 is 2.31 bits per heavy atom. The molecule has 0 bridgehead atoms. The summed E-state index contributed by atoms with van der Waals surface area (Å²) in [5.74, 6) is 0.805. The number of rotatable bonds is 3. The van der Waals surface area contributed by atoms with Gasteiger partial charge < -0.3 is 19.8 Å². The van der Waals surface area contributed by atoms with Gasteiger partial charge in [-0.2, -0.15) is 0 Å². The van der Waals surface area contributed by atoms with E-state index in [0.29, 0.717) is 19.5 Å². The lowest BCUT2D eigenvalue weighted by atomic mass is 9.98. The predicted octanol–water partition coefficient (Wildman–Crippen LogP) is 0.411. The largest absolute Gasteiger partial charge is 0.496 e.